The summed E-state index contributed by atoms with van der Waals surface area (Å²) in [5, 5.41) is 14.3. The number of ether oxygens (including phenoxy) is 1. The van der Waals surface area contributed by atoms with Crippen LogP contribution in [-0.4, -0.2) is 38.5 Å². The number of amides is 1. The predicted molar refractivity (Wildman–Crippen MR) is 114 cm³/mol. The second-order valence-corrected chi connectivity index (χ2v) is 10.3. The number of aliphatic hydroxyl groups is 1. The van der Waals surface area contributed by atoms with E-state index in [1.54, 1.807) is 0 Å². The van der Waals surface area contributed by atoms with Crippen molar-refractivity contribution in [1.82, 2.24) is 14.9 Å². The first-order valence-electron chi connectivity index (χ1n) is 11.1. The van der Waals surface area contributed by atoms with Gasteiger partial charge in [0.25, 0.3) is 0 Å². The molecule has 30 heavy (non-hydrogen) atoms. The van der Waals surface area contributed by atoms with Crippen LogP contribution in [0.1, 0.15) is 64.5 Å². The van der Waals surface area contributed by atoms with Gasteiger partial charge in [-0.3, -0.25) is 0 Å². The summed E-state index contributed by atoms with van der Waals surface area (Å²) in [6, 6.07) is 8.78. The summed E-state index contributed by atoms with van der Waals surface area (Å²) >= 11 is 0. The third kappa shape index (κ3) is 3.13. The number of imidazole rings is 1. The summed E-state index contributed by atoms with van der Waals surface area (Å²) in [5.41, 5.74) is 3.18. The van der Waals surface area contributed by atoms with Gasteiger partial charge in [-0.2, -0.15) is 0 Å². The number of carbonyl (C=O) groups is 1. The second-order valence-electron chi connectivity index (χ2n) is 10.3. The molecule has 0 unspecified atom stereocenters. The normalized spacial score (nSPS) is 32.3. The van der Waals surface area contributed by atoms with E-state index in [-0.39, 0.29) is 35.6 Å². The lowest BCUT2D eigenvalue weighted by molar-refractivity contribution is -0.152. The van der Waals surface area contributed by atoms with Crippen LogP contribution in [-0.2, 0) is 4.74 Å². The largest absolute Gasteiger partial charge is 0.444 e. The molecule has 2 aromatic rings. The van der Waals surface area contributed by atoms with Gasteiger partial charge in [-0.05, 0) is 63.9 Å². The van der Waals surface area contributed by atoms with Gasteiger partial charge in [-0.15, -0.1) is 0 Å². The number of nitrogens with zero attached hydrogens (tertiary/aromatic N) is 2. The first-order valence-corrected chi connectivity index (χ1v) is 11.1. The van der Waals surface area contributed by atoms with Gasteiger partial charge in [-0.1, -0.05) is 24.3 Å². The minimum absolute atomic E-state index is 0.0188. The molecule has 0 saturated heterocycles. The number of rotatable bonds is 2. The molecule has 0 radical (unpaired) electrons. The van der Waals surface area contributed by atoms with E-state index in [1.807, 2.05) is 33.3 Å². The number of benzene rings is 1. The SMILES string of the molecule is CC(C)(C)OC(=O)N[C@H]1CC[C@]2(CC1)C[C@@H]([C@H]1c3ccccc3-c3cncn31)[C@@H]2O. The van der Waals surface area contributed by atoms with Gasteiger partial charge in [0.15, 0.2) is 0 Å². The standard InChI is InChI=1S/C24H31N3O3/c1-23(2,3)30-22(29)26-15-8-10-24(11-9-15)12-18(21(24)28)20-17-7-5-4-6-16(17)19-13-25-14-27(19)20/h4-7,13-15,18,20-21,28H,8-12H2,1-3H3,(H,26,29)/t15-,18-,20+,21-,24-/m0/s1. The molecule has 1 spiro atoms. The topological polar surface area (TPSA) is 76.4 Å². The number of hydrogen-bond acceptors (Lipinski definition) is 4. The second kappa shape index (κ2) is 6.84. The maximum Gasteiger partial charge on any atom is 0.407 e. The Hall–Kier alpha value is -2.34. The molecule has 2 saturated carbocycles. The molecule has 6 nitrogen and oxygen atoms in total. The van der Waals surface area contributed by atoms with Crippen molar-refractivity contribution < 1.29 is 14.6 Å². The van der Waals surface area contributed by atoms with Crippen LogP contribution < -0.4 is 5.32 Å². The highest BCUT2D eigenvalue weighted by Gasteiger charge is 2.57. The first-order chi connectivity index (χ1) is 14.3. The molecule has 3 atom stereocenters. The summed E-state index contributed by atoms with van der Waals surface area (Å²) in [7, 11) is 0. The average Bonchev–Trinajstić information content (AvgIpc) is 3.27. The number of fused-ring (bicyclic) bond motifs is 3. The van der Waals surface area contributed by atoms with E-state index >= 15 is 0 Å². The van der Waals surface area contributed by atoms with Gasteiger partial charge in [-0.25, -0.2) is 9.78 Å². The Morgan fingerprint density at radius 1 is 1.27 bits per heavy atom. The Morgan fingerprint density at radius 3 is 2.70 bits per heavy atom. The highest BCUT2D eigenvalue weighted by molar-refractivity contribution is 5.69. The minimum Gasteiger partial charge on any atom is -0.444 e. The van der Waals surface area contributed by atoms with E-state index in [2.05, 4.69) is 39.1 Å². The van der Waals surface area contributed by atoms with Gasteiger partial charge in [0.2, 0.25) is 0 Å². The maximum absolute atomic E-state index is 12.1. The van der Waals surface area contributed by atoms with Crippen LogP contribution in [0, 0.1) is 11.3 Å². The van der Waals surface area contributed by atoms with E-state index in [4.69, 9.17) is 4.74 Å². The molecule has 1 aromatic heterocycles. The van der Waals surface area contributed by atoms with Crippen LogP contribution in [0.3, 0.4) is 0 Å². The van der Waals surface area contributed by atoms with E-state index in [1.165, 1.54) is 11.1 Å². The lowest BCUT2D eigenvalue weighted by Gasteiger charge is -2.57. The molecule has 1 aromatic carbocycles. The maximum atomic E-state index is 12.1. The first kappa shape index (κ1) is 19.6. The fourth-order valence-electron chi connectivity index (χ4n) is 5.90. The zero-order chi connectivity index (χ0) is 21.1. The number of carbonyl (C=O) groups excluding carboxylic acids is 1. The highest BCUT2D eigenvalue weighted by Crippen LogP contribution is 2.60. The number of alkyl carbamates (subject to hydrolysis) is 1. The third-order valence-electron chi connectivity index (χ3n) is 7.30. The zero-order valence-corrected chi connectivity index (χ0v) is 18.0. The van der Waals surface area contributed by atoms with Crippen LogP contribution in [0.2, 0.25) is 0 Å². The van der Waals surface area contributed by atoms with Crippen molar-refractivity contribution in [2.24, 2.45) is 11.3 Å². The molecule has 160 valence electrons. The minimum atomic E-state index is -0.485. The number of aromatic nitrogens is 2. The molecule has 1 amide bonds. The molecule has 0 bridgehead atoms. The Balaban J connectivity index is 1.24. The Kier molecular flexibility index (Phi) is 4.47. The van der Waals surface area contributed by atoms with E-state index < -0.39 is 5.60 Å². The molecule has 1 aliphatic heterocycles. The smallest absolute Gasteiger partial charge is 0.407 e. The molecule has 2 N–H and O–H groups in total. The monoisotopic (exact) mass is 409 g/mol. The molecule has 6 heteroatoms. The Labute approximate surface area is 177 Å². The van der Waals surface area contributed by atoms with Crippen LogP contribution in [0.5, 0.6) is 0 Å². The van der Waals surface area contributed by atoms with Gasteiger partial charge in [0.1, 0.15) is 5.60 Å². The van der Waals surface area contributed by atoms with Crippen molar-refractivity contribution in [3.63, 3.8) is 0 Å². The lowest BCUT2D eigenvalue weighted by Crippen LogP contribution is -2.58. The van der Waals surface area contributed by atoms with Crippen molar-refractivity contribution in [1.29, 1.82) is 0 Å². The zero-order valence-electron chi connectivity index (χ0n) is 18.0. The summed E-state index contributed by atoms with van der Waals surface area (Å²) in [6.07, 6.45) is 7.83. The van der Waals surface area contributed by atoms with E-state index in [0.717, 1.165) is 37.8 Å². The predicted octanol–water partition coefficient (Wildman–Crippen LogP) is 4.29. The average molecular weight is 410 g/mol. The fourth-order valence-corrected chi connectivity index (χ4v) is 5.90. The van der Waals surface area contributed by atoms with Crippen molar-refractivity contribution >= 4 is 6.09 Å². The van der Waals surface area contributed by atoms with Gasteiger partial charge >= 0.3 is 6.09 Å². The van der Waals surface area contributed by atoms with Gasteiger partial charge < -0.3 is 19.7 Å². The summed E-state index contributed by atoms with van der Waals surface area (Å²) in [5.74, 6) is 0.206. The third-order valence-corrected chi connectivity index (χ3v) is 7.30. The van der Waals surface area contributed by atoms with Crippen LogP contribution in [0.4, 0.5) is 4.79 Å². The number of hydrogen-bond donors (Lipinski definition) is 2. The summed E-state index contributed by atoms with van der Waals surface area (Å²) in [4.78, 5) is 16.4. The van der Waals surface area contributed by atoms with Crippen LogP contribution in [0.15, 0.2) is 36.8 Å². The lowest BCUT2D eigenvalue weighted by atomic mass is 9.51. The van der Waals surface area contributed by atoms with Crippen molar-refractivity contribution in [2.45, 2.75) is 76.7 Å². The molecule has 2 heterocycles. The van der Waals surface area contributed by atoms with Gasteiger partial charge in [0, 0.05) is 17.5 Å². The summed E-state index contributed by atoms with van der Waals surface area (Å²) in [6.45, 7) is 5.63. The van der Waals surface area contributed by atoms with E-state index in [0.29, 0.717) is 0 Å². The summed E-state index contributed by atoms with van der Waals surface area (Å²) < 4.78 is 7.63. The highest BCUT2D eigenvalue weighted by atomic mass is 16.6. The molecule has 2 aliphatic carbocycles. The van der Waals surface area contributed by atoms with Crippen molar-refractivity contribution in [3.05, 3.63) is 42.4 Å². The molecule has 5 rings (SSSR count). The van der Waals surface area contributed by atoms with Crippen LogP contribution in [0.25, 0.3) is 11.3 Å². The number of nitrogens with one attached hydrogen (secondary N) is 1. The van der Waals surface area contributed by atoms with Crippen molar-refractivity contribution in [2.75, 3.05) is 0 Å². The molecule has 3 aliphatic rings. The molecular weight excluding hydrogens is 378 g/mol. The fraction of sp³-hybridized carbons (Fsp3) is 0.583. The molecular formula is C24H31N3O3. The Morgan fingerprint density at radius 2 is 2.00 bits per heavy atom. The number of aliphatic hydroxyl groups excluding tert-OH is 1. The Bertz CT molecular complexity index is 953. The molecule has 2 fully saturated rings. The van der Waals surface area contributed by atoms with Gasteiger partial charge in [0.05, 0.1) is 30.4 Å². The van der Waals surface area contributed by atoms with Crippen LogP contribution >= 0.6 is 0 Å². The quantitative estimate of drug-likeness (QED) is 0.776. The van der Waals surface area contributed by atoms with Crippen molar-refractivity contribution in [3.8, 4) is 11.3 Å². The van der Waals surface area contributed by atoms with E-state index in [9.17, 15) is 9.90 Å².